The first-order chi connectivity index (χ1) is 10.1. The van der Waals surface area contributed by atoms with Gasteiger partial charge in [-0.3, -0.25) is 9.38 Å². The van der Waals surface area contributed by atoms with Crippen LogP contribution in [-0.4, -0.2) is 25.4 Å². The number of anilines is 1. The summed E-state index contributed by atoms with van der Waals surface area (Å²) < 4.78 is 1.55. The summed E-state index contributed by atoms with van der Waals surface area (Å²) in [6, 6.07) is 11.1. The lowest BCUT2D eigenvalue weighted by molar-refractivity contribution is 0.0690. The molecule has 106 valence electrons. The molecule has 0 fully saturated rings. The van der Waals surface area contributed by atoms with Gasteiger partial charge in [-0.2, -0.15) is 0 Å². The third-order valence-electron chi connectivity index (χ3n) is 3.12. The van der Waals surface area contributed by atoms with Gasteiger partial charge in [0.05, 0.1) is 12.2 Å². The van der Waals surface area contributed by atoms with Gasteiger partial charge in [-0.1, -0.05) is 12.1 Å². The van der Waals surface area contributed by atoms with Crippen molar-refractivity contribution in [2.75, 3.05) is 5.32 Å². The number of carboxylic acids is 1. The number of pyridine rings is 2. The highest BCUT2D eigenvalue weighted by atomic mass is 16.4. The zero-order valence-electron chi connectivity index (χ0n) is 11.4. The Morgan fingerprint density at radius 2 is 2.10 bits per heavy atom. The Bertz CT molecular complexity index is 810. The number of fused-ring (bicyclic) bond motifs is 1. The summed E-state index contributed by atoms with van der Waals surface area (Å²) in [5.74, 6) is -0.676. The van der Waals surface area contributed by atoms with Crippen LogP contribution in [0.1, 0.15) is 21.9 Å². The molecule has 3 heterocycles. The Morgan fingerprint density at radius 3 is 2.86 bits per heavy atom. The molecule has 0 aliphatic carbocycles. The molecule has 0 radical (unpaired) electrons. The standard InChI is InChI=1S/C15H14N4O2/c1-10-5-4-6-11(17-10)9-16-14-13(15(20)21)19-8-3-2-7-12(19)18-14/h2-8,16H,9H2,1H3,(H,20,21). The van der Waals surface area contributed by atoms with Gasteiger partial charge in [-0.05, 0) is 31.2 Å². The molecule has 0 aliphatic rings. The normalized spacial score (nSPS) is 10.7. The largest absolute Gasteiger partial charge is 0.476 e. The van der Waals surface area contributed by atoms with Gasteiger partial charge in [0.25, 0.3) is 0 Å². The van der Waals surface area contributed by atoms with Crippen LogP contribution < -0.4 is 5.32 Å². The van der Waals surface area contributed by atoms with E-state index in [-0.39, 0.29) is 5.69 Å². The van der Waals surface area contributed by atoms with E-state index < -0.39 is 5.97 Å². The number of aromatic nitrogens is 3. The average Bonchev–Trinajstić information content (AvgIpc) is 2.83. The van der Waals surface area contributed by atoms with E-state index >= 15 is 0 Å². The van der Waals surface area contributed by atoms with Crippen LogP contribution in [0.2, 0.25) is 0 Å². The minimum absolute atomic E-state index is 0.123. The second-order valence-electron chi connectivity index (χ2n) is 4.67. The number of aryl methyl sites for hydroxylation is 1. The first-order valence-corrected chi connectivity index (χ1v) is 6.52. The molecule has 0 aromatic carbocycles. The zero-order valence-corrected chi connectivity index (χ0v) is 11.4. The van der Waals surface area contributed by atoms with Crippen LogP contribution in [0, 0.1) is 6.92 Å². The van der Waals surface area contributed by atoms with Crippen molar-refractivity contribution in [2.24, 2.45) is 0 Å². The number of aromatic carboxylic acids is 1. The third kappa shape index (κ3) is 2.55. The first kappa shape index (κ1) is 13.1. The van der Waals surface area contributed by atoms with Crippen molar-refractivity contribution in [3.8, 4) is 0 Å². The highest BCUT2D eigenvalue weighted by Gasteiger charge is 2.18. The molecule has 0 spiro atoms. The molecule has 3 rings (SSSR count). The molecule has 3 aromatic rings. The minimum atomic E-state index is -1.02. The third-order valence-corrected chi connectivity index (χ3v) is 3.12. The number of carboxylic acid groups (broad SMARTS) is 1. The Balaban J connectivity index is 1.93. The van der Waals surface area contributed by atoms with Gasteiger partial charge in [0.15, 0.2) is 11.5 Å². The molecule has 0 unspecified atom stereocenters. The molecule has 0 aliphatic heterocycles. The molecular weight excluding hydrogens is 268 g/mol. The maximum Gasteiger partial charge on any atom is 0.356 e. The fourth-order valence-corrected chi connectivity index (χ4v) is 2.20. The van der Waals surface area contributed by atoms with Crippen molar-refractivity contribution in [1.82, 2.24) is 14.4 Å². The maximum absolute atomic E-state index is 11.4. The fourth-order valence-electron chi connectivity index (χ4n) is 2.20. The van der Waals surface area contributed by atoms with Crippen molar-refractivity contribution < 1.29 is 9.90 Å². The Kier molecular flexibility index (Phi) is 3.27. The lowest BCUT2D eigenvalue weighted by Gasteiger charge is -2.05. The van der Waals surface area contributed by atoms with Gasteiger partial charge >= 0.3 is 5.97 Å². The van der Waals surface area contributed by atoms with Gasteiger partial charge < -0.3 is 10.4 Å². The van der Waals surface area contributed by atoms with Gasteiger partial charge in [-0.25, -0.2) is 9.78 Å². The topological polar surface area (TPSA) is 79.5 Å². The highest BCUT2D eigenvalue weighted by molar-refractivity contribution is 5.92. The summed E-state index contributed by atoms with van der Waals surface area (Å²) in [4.78, 5) is 20.1. The number of carbonyl (C=O) groups is 1. The lowest BCUT2D eigenvalue weighted by Crippen LogP contribution is -2.08. The fraction of sp³-hybridized carbons (Fsp3) is 0.133. The van der Waals surface area contributed by atoms with E-state index in [9.17, 15) is 9.90 Å². The van der Waals surface area contributed by atoms with Crippen LogP contribution >= 0.6 is 0 Å². The molecular formula is C15H14N4O2. The number of nitrogens with zero attached hydrogens (tertiary/aromatic N) is 3. The van der Waals surface area contributed by atoms with E-state index in [1.165, 1.54) is 0 Å². The summed E-state index contributed by atoms with van der Waals surface area (Å²) in [6.07, 6.45) is 1.68. The van der Waals surface area contributed by atoms with E-state index in [4.69, 9.17) is 0 Å². The number of hydrogen-bond acceptors (Lipinski definition) is 4. The molecule has 0 saturated heterocycles. The van der Waals surface area contributed by atoms with Gasteiger partial charge in [0, 0.05) is 11.9 Å². The zero-order chi connectivity index (χ0) is 14.8. The van der Waals surface area contributed by atoms with E-state index in [1.54, 1.807) is 22.7 Å². The van der Waals surface area contributed by atoms with Gasteiger partial charge in [-0.15, -0.1) is 0 Å². The molecule has 6 heteroatoms. The van der Waals surface area contributed by atoms with Crippen LogP contribution in [-0.2, 0) is 6.54 Å². The Morgan fingerprint density at radius 1 is 1.24 bits per heavy atom. The molecule has 0 bridgehead atoms. The smallest absolute Gasteiger partial charge is 0.356 e. The van der Waals surface area contributed by atoms with E-state index in [0.29, 0.717) is 18.0 Å². The van der Waals surface area contributed by atoms with Crippen molar-refractivity contribution in [3.63, 3.8) is 0 Å². The second-order valence-corrected chi connectivity index (χ2v) is 4.67. The summed E-state index contributed by atoms with van der Waals surface area (Å²) >= 11 is 0. The van der Waals surface area contributed by atoms with Crippen LogP contribution in [0.4, 0.5) is 5.82 Å². The Labute approximate surface area is 121 Å². The molecule has 3 aromatic heterocycles. The molecule has 6 nitrogen and oxygen atoms in total. The summed E-state index contributed by atoms with van der Waals surface area (Å²) in [5, 5.41) is 12.4. The summed E-state index contributed by atoms with van der Waals surface area (Å²) in [5.41, 5.74) is 2.47. The number of rotatable bonds is 4. The van der Waals surface area contributed by atoms with Crippen molar-refractivity contribution in [1.29, 1.82) is 0 Å². The molecule has 21 heavy (non-hydrogen) atoms. The molecule has 2 N–H and O–H groups in total. The minimum Gasteiger partial charge on any atom is -0.476 e. The van der Waals surface area contributed by atoms with Crippen molar-refractivity contribution in [3.05, 3.63) is 59.7 Å². The van der Waals surface area contributed by atoms with Crippen LogP contribution in [0.25, 0.3) is 5.65 Å². The lowest BCUT2D eigenvalue weighted by atomic mass is 10.3. The number of nitrogens with one attached hydrogen (secondary N) is 1. The second kappa shape index (κ2) is 5.24. The predicted octanol–water partition coefficient (Wildman–Crippen LogP) is 2.35. The maximum atomic E-state index is 11.4. The quantitative estimate of drug-likeness (QED) is 0.768. The monoisotopic (exact) mass is 282 g/mol. The van der Waals surface area contributed by atoms with E-state index in [2.05, 4.69) is 15.3 Å². The SMILES string of the molecule is Cc1cccc(CNc2nc3ccccn3c2C(=O)O)n1. The average molecular weight is 282 g/mol. The van der Waals surface area contributed by atoms with Crippen molar-refractivity contribution >= 4 is 17.4 Å². The number of imidazole rings is 1. The van der Waals surface area contributed by atoms with Gasteiger partial charge in [0.2, 0.25) is 0 Å². The summed E-state index contributed by atoms with van der Waals surface area (Å²) in [7, 11) is 0. The molecule has 0 saturated carbocycles. The molecule has 0 amide bonds. The van der Waals surface area contributed by atoms with Gasteiger partial charge in [0.1, 0.15) is 5.65 Å². The highest BCUT2D eigenvalue weighted by Crippen LogP contribution is 2.18. The van der Waals surface area contributed by atoms with Crippen LogP contribution in [0.5, 0.6) is 0 Å². The van der Waals surface area contributed by atoms with Crippen molar-refractivity contribution in [2.45, 2.75) is 13.5 Å². The Hall–Kier alpha value is -2.89. The number of hydrogen-bond donors (Lipinski definition) is 2. The van der Waals surface area contributed by atoms with Crippen LogP contribution in [0.3, 0.4) is 0 Å². The van der Waals surface area contributed by atoms with E-state index in [0.717, 1.165) is 11.4 Å². The summed E-state index contributed by atoms with van der Waals surface area (Å²) in [6.45, 7) is 2.34. The first-order valence-electron chi connectivity index (χ1n) is 6.52. The van der Waals surface area contributed by atoms with E-state index in [1.807, 2.05) is 31.2 Å². The molecule has 0 atom stereocenters. The van der Waals surface area contributed by atoms with Crippen LogP contribution in [0.15, 0.2) is 42.6 Å². The predicted molar refractivity (Wildman–Crippen MR) is 78.5 cm³/mol.